The lowest BCUT2D eigenvalue weighted by molar-refractivity contribution is 0.418. The van der Waals surface area contributed by atoms with Crippen molar-refractivity contribution in [3.8, 4) is 5.75 Å². The number of rotatable bonds is 1. The molecular formula is C13H16BrNO. The third-order valence-electron chi connectivity index (χ3n) is 2.73. The van der Waals surface area contributed by atoms with Crippen molar-refractivity contribution < 1.29 is 4.74 Å². The highest BCUT2D eigenvalue weighted by Crippen LogP contribution is 2.34. The highest BCUT2D eigenvalue weighted by molar-refractivity contribution is 9.10. The first-order chi connectivity index (χ1) is 7.43. The topological polar surface area (TPSA) is 25.0 Å². The van der Waals surface area contributed by atoms with Gasteiger partial charge in [0, 0.05) is 21.0 Å². The summed E-state index contributed by atoms with van der Waals surface area (Å²) in [6.07, 6.45) is 0. The van der Waals surface area contributed by atoms with Crippen molar-refractivity contribution in [3.63, 3.8) is 0 Å². The van der Waals surface area contributed by atoms with Crippen LogP contribution in [-0.4, -0.2) is 12.1 Å². The second-order valence-corrected chi connectivity index (χ2v) is 5.83. The number of methoxy groups -OCH3 is 1. The number of aromatic amines is 1. The highest BCUT2D eigenvalue weighted by atomic mass is 79.9. The molecule has 16 heavy (non-hydrogen) atoms. The van der Waals surface area contributed by atoms with Gasteiger partial charge in [0.05, 0.1) is 12.6 Å². The molecular weight excluding hydrogens is 266 g/mol. The summed E-state index contributed by atoms with van der Waals surface area (Å²) in [4.78, 5) is 3.44. The van der Waals surface area contributed by atoms with Crippen LogP contribution in [0.5, 0.6) is 5.75 Å². The molecule has 0 aliphatic carbocycles. The number of H-pyrrole nitrogens is 1. The van der Waals surface area contributed by atoms with E-state index in [1.54, 1.807) is 7.11 Å². The van der Waals surface area contributed by atoms with Gasteiger partial charge >= 0.3 is 0 Å². The van der Waals surface area contributed by atoms with Crippen LogP contribution >= 0.6 is 15.9 Å². The first-order valence-corrected chi connectivity index (χ1v) is 6.08. The molecule has 1 aromatic carbocycles. The van der Waals surface area contributed by atoms with Crippen LogP contribution in [-0.2, 0) is 5.41 Å². The van der Waals surface area contributed by atoms with Crippen molar-refractivity contribution >= 4 is 26.8 Å². The molecule has 3 heteroatoms. The molecule has 0 saturated carbocycles. The standard InChI is InChI=1S/C13H16BrNO/c1-13(2,3)11-7-8-9(14)5-6-10(16-4)12(8)15-11/h5-7,15H,1-4H3. The summed E-state index contributed by atoms with van der Waals surface area (Å²) in [5.74, 6) is 0.883. The van der Waals surface area contributed by atoms with Crippen LogP contribution in [0.1, 0.15) is 26.5 Å². The van der Waals surface area contributed by atoms with Gasteiger partial charge < -0.3 is 9.72 Å². The second-order valence-electron chi connectivity index (χ2n) is 4.97. The molecule has 0 spiro atoms. The van der Waals surface area contributed by atoms with Crippen LogP contribution in [0, 0.1) is 0 Å². The van der Waals surface area contributed by atoms with Crippen LogP contribution in [0.3, 0.4) is 0 Å². The van der Waals surface area contributed by atoms with E-state index >= 15 is 0 Å². The molecule has 1 heterocycles. The smallest absolute Gasteiger partial charge is 0.142 e. The summed E-state index contributed by atoms with van der Waals surface area (Å²) in [5.41, 5.74) is 2.39. The molecule has 0 bridgehead atoms. The van der Waals surface area contributed by atoms with Crippen LogP contribution in [0.15, 0.2) is 22.7 Å². The average Bonchev–Trinajstić information content (AvgIpc) is 2.63. The second kappa shape index (κ2) is 3.81. The van der Waals surface area contributed by atoms with Crippen LogP contribution in [0.4, 0.5) is 0 Å². The van der Waals surface area contributed by atoms with Gasteiger partial charge in [0.15, 0.2) is 0 Å². The van der Waals surface area contributed by atoms with E-state index in [0.29, 0.717) is 0 Å². The SMILES string of the molecule is COc1ccc(Br)c2cc(C(C)(C)C)[nH]c12. The van der Waals surface area contributed by atoms with Crippen molar-refractivity contribution in [3.05, 3.63) is 28.4 Å². The third-order valence-corrected chi connectivity index (χ3v) is 3.42. The van der Waals surface area contributed by atoms with Gasteiger partial charge in [-0.3, -0.25) is 0 Å². The first-order valence-electron chi connectivity index (χ1n) is 5.29. The Bertz CT molecular complexity index is 522. The Kier molecular flexibility index (Phi) is 2.74. The molecule has 86 valence electrons. The predicted molar refractivity (Wildman–Crippen MR) is 71.3 cm³/mol. The summed E-state index contributed by atoms with van der Waals surface area (Å²) in [6, 6.07) is 6.17. The van der Waals surface area contributed by atoms with Gasteiger partial charge in [-0.25, -0.2) is 0 Å². The van der Waals surface area contributed by atoms with Gasteiger partial charge in [-0.2, -0.15) is 0 Å². The fraction of sp³-hybridized carbons (Fsp3) is 0.385. The quantitative estimate of drug-likeness (QED) is 0.831. The largest absolute Gasteiger partial charge is 0.495 e. The zero-order valence-corrected chi connectivity index (χ0v) is 11.6. The molecule has 0 unspecified atom stereocenters. The number of fused-ring (bicyclic) bond motifs is 1. The molecule has 2 rings (SSSR count). The highest BCUT2D eigenvalue weighted by Gasteiger charge is 2.18. The number of nitrogens with one attached hydrogen (secondary N) is 1. The minimum atomic E-state index is 0.115. The van der Waals surface area contributed by atoms with E-state index in [2.05, 4.69) is 47.8 Å². The Morgan fingerprint density at radius 1 is 1.25 bits per heavy atom. The van der Waals surface area contributed by atoms with Gasteiger partial charge in [0.25, 0.3) is 0 Å². The Hall–Kier alpha value is -0.960. The van der Waals surface area contributed by atoms with E-state index in [1.807, 2.05) is 12.1 Å². The lowest BCUT2D eigenvalue weighted by Crippen LogP contribution is -2.11. The predicted octanol–water partition coefficient (Wildman–Crippen LogP) is 4.24. The maximum Gasteiger partial charge on any atom is 0.142 e. The molecule has 0 fully saturated rings. The van der Waals surface area contributed by atoms with Crippen molar-refractivity contribution in [2.24, 2.45) is 0 Å². The lowest BCUT2D eigenvalue weighted by Gasteiger charge is -2.15. The van der Waals surface area contributed by atoms with E-state index in [0.717, 1.165) is 15.7 Å². The third kappa shape index (κ3) is 1.84. The minimum Gasteiger partial charge on any atom is -0.495 e. The Morgan fingerprint density at radius 2 is 1.94 bits per heavy atom. The summed E-state index contributed by atoms with van der Waals surface area (Å²) in [7, 11) is 1.69. The van der Waals surface area contributed by atoms with Crippen molar-refractivity contribution in [2.45, 2.75) is 26.2 Å². The van der Waals surface area contributed by atoms with E-state index < -0.39 is 0 Å². The maximum atomic E-state index is 5.36. The Labute approximate surface area is 104 Å². The molecule has 1 N–H and O–H groups in total. The normalized spacial score (nSPS) is 12.1. The number of halogens is 1. The maximum absolute atomic E-state index is 5.36. The minimum absolute atomic E-state index is 0.115. The van der Waals surface area contributed by atoms with Crippen LogP contribution in [0.25, 0.3) is 10.9 Å². The van der Waals surface area contributed by atoms with Crippen molar-refractivity contribution in [2.75, 3.05) is 7.11 Å². The molecule has 1 aromatic heterocycles. The fourth-order valence-electron chi connectivity index (χ4n) is 1.73. The van der Waals surface area contributed by atoms with Crippen LogP contribution in [0.2, 0.25) is 0 Å². The van der Waals surface area contributed by atoms with E-state index in [-0.39, 0.29) is 5.41 Å². The molecule has 2 aromatic rings. The molecule has 0 aliphatic rings. The number of hydrogen-bond donors (Lipinski definition) is 1. The van der Waals surface area contributed by atoms with Gasteiger partial charge in [-0.05, 0) is 18.2 Å². The van der Waals surface area contributed by atoms with Gasteiger partial charge in [-0.1, -0.05) is 36.7 Å². The molecule has 0 saturated heterocycles. The summed E-state index contributed by atoms with van der Waals surface area (Å²) < 4.78 is 6.45. The van der Waals surface area contributed by atoms with E-state index in [1.165, 1.54) is 11.1 Å². The van der Waals surface area contributed by atoms with Crippen LogP contribution < -0.4 is 4.74 Å². The summed E-state index contributed by atoms with van der Waals surface area (Å²) in [6.45, 7) is 6.58. The molecule has 0 amide bonds. The number of ether oxygens (including phenoxy) is 1. The van der Waals surface area contributed by atoms with Gasteiger partial charge in [0.1, 0.15) is 5.75 Å². The van der Waals surface area contributed by atoms with E-state index in [9.17, 15) is 0 Å². The van der Waals surface area contributed by atoms with E-state index in [4.69, 9.17) is 4.74 Å². The summed E-state index contributed by atoms with van der Waals surface area (Å²) in [5, 5.41) is 1.17. The Morgan fingerprint density at radius 3 is 2.50 bits per heavy atom. The fourth-order valence-corrected chi connectivity index (χ4v) is 2.18. The lowest BCUT2D eigenvalue weighted by atomic mass is 9.92. The Balaban J connectivity index is 2.73. The monoisotopic (exact) mass is 281 g/mol. The summed E-state index contributed by atoms with van der Waals surface area (Å²) >= 11 is 3.56. The molecule has 2 nitrogen and oxygen atoms in total. The average molecular weight is 282 g/mol. The molecule has 0 aliphatic heterocycles. The number of hydrogen-bond acceptors (Lipinski definition) is 1. The zero-order chi connectivity index (χ0) is 11.9. The van der Waals surface area contributed by atoms with Crippen molar-refractivity contribution in [1.82, 2.24) is 4.98 Å². The zero-order valence-electron chi connectivity index (χ0n) is 10.0. The molecule has 0 atom stereocenters. The number of aromatic nitrogens is 1. The van der Waals surface area contributed by atoms with Gasteiger partial charge in [-0.15, -0.1) is 0 Å². The number of benzene rings is 1. The van der Waals surface area contributed by atoms with Gasteiger partial charge in [0.2, 0.25) is 0 Å². The molecule has 0 radical (unpaired) electrons. The first kappa shape index (κ1) is 11.5. The van der Waals surface area contributed by atoms with Crippen molar-refractivity contribution in [1.29, 1.82) is 0 Å².